The summed E-state index contributed by atoms with van der Waals surface area (Å²) in [5, 5.41) is 0. The zero-order chi connectivity index (χ0) is 10.1. The highest BCUT2D eigenvalue weighted by Gasteiger charge is 2.04. The van der Waals surface area contributed by atoms with Gasteiger partial charge in [0.15, 0.2) is 0 Å². The van der Waals surface area contributed by atoms with Crippen LogP contribution in [0, 0.1) is 6.92 Å². The number of nitrogens with zero attached hydrogens (tertiary/aromatic N) is 3. The van der Waals surface area contributed by atoms with E-state index in [4.69, 9.17) is 0 Å². The van der Waals surface area contributed by atoms with Gasteiger partial charge < -0.3 is 4.40 Å². The molecule has 0 aliphatic carbocycles. The van der Waals surface area contributed by atoms with E-state index in [0.29, 0.717) is 5.56 Å². The minimum Gasteiger partial charge on any atom is -0.307 e. The highest BCUT2D eigenvalue weighted by molar-refractivity contribution is 5.97. The molecule has 0 saturated heterocycles. The Morgan fingerprint density at radius 3 is 3.14 bits per heavy atom. The van der Waals surface area contributed by atoms with Gasteiger partial charge in [-0.25, -0.2) is 9.98 Å². The molecule has 0 aromatic carbocycles. The average molecular weight is 187 g/mol. The van der Waals surface area contributed by atoms with Crippen molar-refractivity contribution in [3.8, 4) is 0 Å². The minimum absolute atomic E-state index is 0.326. The van der Waals surface area contributed by atoms with Gasteiger partial charge in [0.05, 0.1) is 5.69 Å². The van der Waals surface area contributed by atoms with Crippen LogP contribution in [0.4, 0.5) is 0 Å². The number of aryl methyl sites for hydroxylation is 1. The molecule has 0 saturated carbocycles. The molecular formula is C10H9N3O. The van der Waals surface area contributed by atoms with Gasteiger partial charge in [0, 0.05) is 18.0 Å². The van der Waals surface area contributed by atoms with E-state index in [0.717, 1.165) is 11.3 Å². The molecule has 2 aromatic heterocycles. The molecule has 0 atom stereocenters. The van der Waals surface area contributed by atoms with Crippen LogP contribution in [0.2, 0.25) is 0 Å². The molecule has 0 N–H and O–H groups in total. The average Bonchev–Trinajstić information content (AvgIpc) is 2.55. The molecular weight excluding hydrogens is 178 g/mol. The summed E-state index contributed by atoms with van der Waals surface area (Å²) in [7, 11) is 0. The summed E-state index contributed by atoms with van der Waals surface area (Å²) in [5.74, 6) is -0.326. The number of aromatic nitrogens is 2. The fourth-order valence-corrected chi connectivity index (χ4v) is 1.33. The second-order valence-electron chi connectivity index (χ2n) is 3.03. The van der Waals surface area contributed by atoms with Crippen LogP contribution in [0.5, 0.6) is 0 Å². The molecule has 2 rings (SSSR count). The van der Waals surface area contributed by atoms with Crippen molar-refractivity contribution in [3.63, 3.8) is 0 Å². The van der Waals surface area contributed by atoms with Gasteiger partial charge in [-0.15, -0.1) is 0 Å². The van der Waals surface area contributed by atoms with Crippen molar-refractivity contribution < 1.29 is 4.79 Å². The third kappa shape index (κ3) is 1.31. The Bertz CT molecular complexity index is 513. The first-order chi connectivity index (χ1) is 6.70. The first-order valence-electron chi connectivity index (χ1n) is 4.17. The first-order valence-corrected chi connectivity index (χ1v) is 4.17. The third-order valence-corrected chi connectivity index (χ3v) is 1.97. The van der Waals surface area contributed by atoms with Crippen LogP contribution in [0.3, 0.4) is 0 Å². The summed E-state index contributed by atoms with van der Waals surface area (Å²) in [4.78, 5) is 18.8. The number of carbonyl (C=O) groups is 1. The lowest BCUT2D eigenvalue weighted by atomic mass is 10.2. The van der Waals surface area contributed by atoms with E-state index in [9.17, 15) is 4.79 Å². The van der Waals surface area contributed by atoms with Crippen molar-refractivity contribution in [1.29, 1.82) is 0 Å². The van der Waals surface area contributed by atoms with Gasteiger partial charge in [-0.05, 0) is 25.8 Å². The van der Waals surface area contributed by atoms with E-state index in [2.05, 4.69) is 16.7 Å². The Kier molecular flexibility index (Phi) is 1.89. The minimum atomic E-state index is -0.326. The van der Waals surface area contributed by atoms with Crippen LogP contribution in [0.25, 0.3) is 5.65 Å². The van der Waals surface area contributed by atoms with Gasteiger partial charge in [0.1, 0.15) is 5.65 Å². The fourth-order valence-electron chi connectivity index (χ4n) is 1.33. The van der Waals surface area contributed by atoms with Crippen LogP contribution in [0.1, 0.15) is 16.1 Å². The molecule has 0 bridgehead atoms. The van der Waals surface area contributed by atoms with E-state index in [-0.39, 0.29) is 5.91 Å². The predicted molar refractivity (Wildman–Crippen MR) is 53.8 cm³/mol. The summed E-state index contributed by atoms with van der Waals surface area (Å²) < 4.78 is 1.86. The molecule has 4 heteroatoms. The van der Waals surface area contributed by atoms with Crippen LogP contribution < -0.4 is 0 Å². The Hall–Kier alpha value is -1.97. The number of pyridine rings is 1. The number of rotatable bonds is 1. The van der Waals surface area contributed by atoms with Crippen LogP contribution in [-0.2, 0) is 0 Å². The highest BCUT2D eigenvalue weighted by Crippen LogP contribution is 2.08. The standard InChI is InChI=1S/C10H9N3O/c1-7-6-13-4-3-8(10(14)11-2)5-9(13)12-7/h3-6H,2H2,1H3. The SMILES string of the molecule is C=NC(=O)c1ccn2cc(C)nc2c1. The molecule has 0 radical (unpaired) electrons. The zero-order valence-corrected chi connectivity index (χ0v) is 7.77. The first kappa shape index (κ1) is 8.62. The second-order valence-corrected chi connectivity index (χ2v) is 3.03. The van der Waals surface area contributed by atoms with E-state index >= 15 is 0 Å². The van der Waals surface area contributed by atoms with Crippen molar-refractivity contribution in [1.82, 2.24) is 9.38 Å². The molecule has 0 spiro atoms. The maximum absolute atomic E-state index is 11.2. The summed E-state index contributed by atoms with van der Waals surface area (Å²) >= 11 is 0. The second kappa shape index (κ2) is 3.06. The van der Waals surface area contributed by atoms with Gasteiger partial charge in [0.2, 0.25) is 0 Å². The number of amides is 1. The lowest BCUT2D eigenvalue weighted by Crippen LogP contribution is -1.95. The predicted octanol–water partition coefficient (Wildman–Crippen LogP) is 1.48. The smallest absolute Gasteiger partial charge is 0.276 e. The zero-order valence-electron chi connectivity index (χ0n) is 7.77. The number of carbonyl (C=O) groups excluding carboxylic acids is 1. The fraction of sp³-hybridized carbons (Fsp3) is 0.100. The van der Waals surface area contributed by atoms with Gasteiger partial charge in [-0.3, -0.25) is 4.79 Å². The molecule has 14 heavy (non-hydrogen) atoms. The molecule has 0 aliphatic rings. The quantitative estimate of drug-likeness (QED) is 0.635. The Morgan fingerprint density at radius 1 is 1.64 bits per heavy atom. The molecule has 2 heterocycles. The topological polar surface area (TPSA) is 46.7 Å². The van der Waals surface area contributed by atoms with Crippen molar-refractivity contribution in [2.24, 2.45) is 4.99 Å². The molecule has 2 aromatic rings. The summed E-state index contributed by atoms with van der Waals surface area (Å²) in [6.07, 6.45) is 3.68. The van der Waals surface area contributed by atoms with E-state index in [1.165, 1.54) is 0 Å². The number of imidazole rings is 1. The van der Waals surface area contributed by atoms with E-state index in [1.807, 2.05) is 17.5 Å². The Labute approximate surface area is 80.9 Å². The summed E-state index contributed by atoms with van der Waals surface area (Å²) in [6.45, 7) is 5.10. The lowest BCUT2D eigenvalue weighted by molar-refractivity contribution is 0.100. The lowest BCUT2D eigenvalue weighted by Gasteiger charge is -1.95. The maximum Gasteiger partial charge on any atom is 0.276 e. The molecule has 0 unspecified atom stereocenters. The largest absolute Gasteiger partial charge is 0.307 e. The molecule has 0 fully saturated rings. The number of hydrogen-bond acceptors (Lipinski definition) is 2. The Balaban J connectivity index is 2.61. The van der Waals surface area contributed by atoms with E-state index < -0.39 is 0 Å². The van der Waals surface area contributed by atoms with Crippen molar-refractivity contribution in [2.75, 3.05) is 0 Å². The van der Waals surface area contributed by atoms with Crippen LogP contribution in [-0.4, -0.2) is 22.0 Å². The third-order valence-electron chi connectivity index (χ3n) is 1.97. The van der Waals surface area contributed by atoms with Crippen molar-refractivity contribution in [3.05, 3.63) is 35.8 Å². The molecule has 4 nitrogen and oxygen atoms in total. The Morgan fingerprint density at radius 2 is 2.43 bits per heavy atom. The van der Waals surface area contributed by atoms with Crippen molar-refractivity contribution in [2.45, 2.75) is 6.92 Å². The monoisotopic (exact) mass is 187 g/mol. The maximum atomic E-state index is 11.2. The number of aliphatic imine (C=N–C) groups is 1. The van der Waals surface area contributed by atoms with E-state index in [1.54, 1.807) is 18.3 Å². The van der Waals surface area contributed by atoms with Gasteiger partial charge >= 0.3 is 0 Å². The van der Waals surface area contributed by atoms with Crippen LogP contribution >= 0.6 is 0 Å². The summed E-state index contributed by atoms with van der Waals surface area (Å²) in [5.41, 5.74) is 2.18. The number of fused-ring (bicyclic) bond motifs is 1. The summed E-state index contributed by atoms with van der Waals surface area (Å²) in [6, 6.07) is 3.40. The van der Waals surface area contributed by atoms with Crippen molar-refractivity contribution >= 4 is 18.3 Å². The van der Waals surface area contributed by atoms with Gasteiger partial charge in [0.25, 0.3) is 5.91 Å². The molecule has 0 aliphatic heterocycles. The molecule has 1 amide bonds. The normalized spacial score (nSPS) is 10.4. The van der Waals surface area contributed by atoms with Crippen LogP contribution in [0.15, 0.2) is 29.5 Å². The van der Waals surface area contributed by atoms with Gasteiger partial charge in [-0.1, -0.05) is 0 Å². The molecule has 70 valence electrons. The highest BCUT2D eigenvalue weighted by atomic mass is 16.1. The number of hydrogen-bond donors (Lipinski definition) is 0. The van der Waals surface area contributed by atoms with Gasteiger partial charge in [-0.2, -0.15) is 0 Å².